The van der Waals surface area contributed by atoms with Crippen molar-refractivity contribution in [1.29, 1.82) is 0 Å². The molecule has 0 spiro atoms. The highest BCUT2D eigenvalue weighted by Crippen LogP contribution is 2.36. The first-order chi connectivity index (χ1) is 17.4. The van der Waals surface area contributed by atoms with Crippen molar-refractivity contribution in [2.75, 3.05) is 10.3 Å². The molecule has 0 saturated carbocycles. The van der Waals surface area contributed by atoms with Gasteiger partial charge in [0.15, 0.2) is 6.10 Å². The topological polar surface area (TPSA) is 71.0 Å². The van der Waals surface area contributed by atoms with Crippen LogP contribution in [0.5, 0.6) is 5.75 Å². The molecule has 1 N–H and O–H groups in total. The van der Waals surface area contributed by atoms with Crippen molar-refractivity contribution in [2.45, 2.75) is 56.8 Å². The summed E-state index contributed by atoms with van der Waals surface area (Å²) in [6, 6.07) is 22.9. The summed E-state index contributed by atoms with van der Waals surface area (Å²) in [4.78, 5) is 27.3. The average molecular weight is 502 g/mol. The minimum atomic E-state index is -0.640. The maximum atomic E-state index is 13.3. The lowest BCUT2D eigenvalue weighted by atomic mass is 10.1. The van der Waals surface area contributed by atoms with Crippen LogP contribution in [0.4, 0.5) is 11.4 Å². The van der Waals surface area contributed by atoms with Crippen molar-refractivity contribution < 1.29 is 14.3 Å². The fraction of sp³-hybridized carbons (Fsp3) is 0.276. The molecule has 3 aromatic rings. The van der Waals surface area contributed by atoms with Gasteiger partial charge in [-0.3, -0.25) is 9.59 Å². The molecule has 0 bridgehead atoms. The number of ether oxygens (including phenoxy) is 1. The number of thioether (sulfide) groups is 1. The predicted molar refractivity (Wildman–Crippen MR) is 147 cm³/mol. The number of amides is 2. The SMILES string of the molecule is CCC1=NN(c2ccccc2)C(=O)C1Sc1ccccc1NC(=O)C(CC)Oc1ccc(C)cc1C. The summed E-state index contributed by atoms with van der Waals surface area (Å²) < 4.78 is 6.07. The predicted octanol–water partition coefficient (Wildman–Crippen LogP) is 6.37. The lowest BCUT2D eigenvalue weighted by molar-refractivity contribution is -0.122. The molecule has 3 aromatic carbocycles. The number of anilines is 2. The molecule has 0 aromatic heterocycles. The average Bonchev–Trinajstić information content (AvgIpc) is 3.20. The Labute approximate surface area is 216 Å². The summed E-state index contributed by atoms with van der Waals surface area (Å²) in [6.07, 6.45) is 0.538. The first kappa shape index (κ1) is 25.5. The van der Waals surface area contributed by atoms with Gasteiger partial charge in [-0.25, -0.2) is 0 Å². The van der Waals surface area contributed by atoms with Crippen LogP contribution in [-0.2, 0) is 9.59 Å². The number of nitrogens with one attached hydrogen (secondary N) is 1. The fourth-order valence-corrected chi connectivity index (χ4v) is 5.24. The van der Waals surface area contributed by atoms with Gasteiger partial charge < -0.3 is 10.1 Å². The highest BCUT2D eigenvalue weighted by Gasteiger charge is 2.37. The molecule has 0 fully saturated rings. The molecule has 0 saturated heterocycles. The smallest absolute Gasteiger partial charge is 0.266 e. The van der Waals surface area contributed by atoms with Crippen LogP contribution in [0, 0.1) is 13.8 Å². The number of hydrogen-bond acceptors (Lipinski definition) is 5. The van der Waals surface area contributed by atoms with E-state index in [9.17, 15) is 9.59 Å². The summed E-state index contributed by atoms with van der Waals surface area (Å²) in [5, 5.41) is 8.65. The molecule has 7 heteroatoms. The van der Waals surface area contributed by atoms with Gasteiger partial charge in [0.05, 0.1) is 17.1 Å². The van der Waals surface area contributed by atoms with Crippen molar-refractivity contribution >= 4 is 40.7 Å². The summed E-state index contributed by atoms with van der Waals surface area (Å²) in [5.41, 5.74) is 4.33. The third-order valence-electron chi connectivity index (χ3n) is 5.98. The molecule has 6 nitrogen and oxygen atoms in total. The van der Waals surface area contributed by atoms with Crippen LogP contribution in [-0.4, -0.2) is 28.9 Å². The van der Waals surface area contributed by atoms with E-state index in [1.54, 1.807) is 0 Å². The first-order valence-electron chi connectivity index (χ1n) is 12.2. The highest BCUT2D eigenvalue weighted by molar-refractivity contribution is 8.01. The molecule has 1 aliphatic rings. The number of para-hydroxylation sites is 2. The molecule has 186 valence electrons. The number of rotatable bonds is 9. The molecule has 0 radical (unpaired) electrons. The van der Waals surface area contributed by atoms with Gasteiger partial charge in [-0.2, -0.15) is 10.1 Å². The largest absolute Gasteiger partial charge is 0.480 e. The molecule has 36 heavy (non-hydrogen) atoms. The van der Waals surface area contributed by atoms with Gasteiger partial charge in [-0.05, 0) is 62.6 Å². The molecule has 2 unspecified atom stereocenters. The zero-order valence-electron chi connectivity index (χ0n) is 21.0. The van der Waals surface area contributed by atoms with Crippen LogP contribution >= 0.6 is 11.8 Å². The monoisotopic (exact) mass is 501 g/mol. The number of hydrogen-bond donors (Lipinski definition) is 1. The van der Waals surface area contributed by atoms with E-state index in [0.717, 1.165) is 27.4 Å². The van der Waals surface area contributed by atoms with Crippen LogP contribution in [0.15, 0.2) is 82.8 Å². The van der Waals surface area contributed by atoms with Crippen LogP contribution in [0.2, 0.25) is 0 Å². The summed E-state index contributed by atoms with van der Waals surface area (Å²) >= 11 is 1.41. The Hall–Kier alpha value is -3.58. The molecule has 2 amide bonds. The maximum absolute atomic E-state index is 13.3. The molecule has 1 aliphatic heterocycles. The van der Waals surface area contributed by atoms with E-state index in [4.69, 9.17) is 4.74 Å². The van der Waals surface area contributed by atoms with Crippen LogP contribution in [0.1, 0.15) is 37.8 Å². The Bertz CT molecular complexity index is 1280. The van der Waals surface area contributed by atoms with E-state index >= 15 is 0 Å². The molecule has 1 heterocycles. The molecular weight excluding hydrogens is 470 g/mol. The van der Waals surface area contributed by atoms with E-state index in [1.807, 2.05) is 100 Å². The van der Waals surface area contributed by atoms with Gasteiger partial charge in [0.1, 0.15) is 11.0 Å². The first-order valence-corrected chi connectivity index (χ1v) is 13.1. The van der Waals surface area contributed by atoms with Gasteiger partial charge in [0.25, 0.3) is 11.8 Å². The zero-order chi connectivity index (χ0) is 25.7. The summed E-state index contributed by atoms with van der Waals surface area (Å²) in [7, 11) is 0. The second-order valence-electron chi connectivity index (χ2n) is 8.70. The van der Waals surface area contributed by atoms with Crippen molar-refractivity contribution in [3.63, 3.8) is 0 Å². The number of carbonyl (C=O) groups is 2. The lowest BCUT2D eigenvalue weighted by Gasteiger charge is -2.20. The van der Waals surface area contributed by atoms with E-state index in [0.29, 0.717) is 24.3 Å². The fourth-order valence-electron chi connectivity index (χ4n) is 4.03. The van der Waals surface area contributed by atoms with Crippen molar-refractivity contribution in [1.82, 2.24) is 0 Å². The van der Waals surface area contributed by atoms with Gasteiger partial charge in [-0.15, -0.1) is 11.8 Å². The van der Waals surface area contributed by atoms with Crippen molar-refractivity contribution in [3.8, 4) is 5.75 Å². The van der Waals surface area contributed by atoms with Crippen LogP contribution < -0.4 is 15.1 Å². The van der Waals surface area contributed by atoms with E-state index < -0.39 is 11.4 Å². The quantitative estimate of drug-likeness (QED) is 0.370. The molecular formula is C29H31N3O3S. The second kappa shape index (κ2) is 11.4. The van der Waals surface area contributed by atoms with Crippen LogP contribution in [0.3, 0.4) is 0 Å². The normalized spacial score (nSPS) is 16.0. The number of hydrazone groups is 1. The Morgan fingerprint density at radius 3 is 2.47 bits per heavy atom. The second-order valence-corrected chi connectivity index (χ2v) is 9.84. The minimum Gasteiger partial charge on any atom is -0.480 e. The third-order valence-corrected chi connectivity index (χ3v) is 7.30. The van der Waals surface area contributed by atoms with E-state index in [1.165, 1.54) is 16.8 Å². The van der Waals surface area contributed by atoms with Crippen LogP contribution in [0.25, 0.3) is 0 Å². The maximum Gasteiger partial charge on any atom is 0.266 e. The zero-order valence-corrected chi connectivity index (χ0v) is 21.8. The number of aryl methyl sites for hydroxylation is 2. The molecule has 0 aliphatic carbocycles. The van der Waals surface area contributed by atoms with E-state index in [-0.39, 0.29) is 11.8 Å². The molecule has 4 rings (SSSR count). The lowest BCUT2D eigenvalue weighted by Crippen LogP contribution is -2.33. The number of benzene rings is 3. The van der Waals surface area contributed by atoms with Gasteiger partial charge in [-0.1, -0.05) is 61.9 Å². The summed E-state index contributed by atoms with van der Waals surface area (Å²) in [5.74, 6) is 0.388. The third kappa shape index (κ3) is 5.62. The number of carbonyl (C=O) groups excluding carboxylic acids is 2. The van der Waals surface area contributed by atoms with Gasteiger partial charge >= 0.3 is 0 Å². The van der Waals surface area contributed by atoms with Crippen molar-refractivity contribution in [2.24, 2.45) is 5.10 Å². The Kier molecular flexibility index (Phi) is 8.10. The number of nitrogens with zero attached hydrogens (tertiary/aromatic N) is 2. The Morgan fingerprint density at radius 2 is 1.78 bits per heavy atom. The highest BCUT2D eigenvalue weighted by atomic mass is 32.2. The molecule has 2 atom stereocenters. The Morgan fingerprint density at radius 1 is 1.06 bits per heavy atom. The standard InChI is InChI=1S/C29H31N3O3S/c1-5-22-27(29(34)32(31-22)21-12-8-7-9-13-21)36-26-15-11-10-14-23(26)30-28(33)24(6-2)35-25-17-16-19(3)18-20(25)4/h7-18,24,27H,5-6H2,1-4H3,(H,30,33). The Balaban J connectivity index is 1.51. The summed E-state index contributed by atoms with van der Waals surface area (Å²) in [6.45, 7) is 7.92. The van der Waals surface area contributed by atoms with Gasteiger partial charge in [0.2, 0.25) is 0 Å². The van der Waals surface area contributed by atoms with E-state index in [2.05, 4.69) is 10.4 Å². The van der Waals surface area contributed by atoms with Gasteiger partial charge in [0, 0.05) is 4.90 Å². The minimum absolute atomic E-state index is 0.0891. The van der Waals surface area contributed by atoms with Crippen molar-refractivity contribution in [3.05, 3.63) is 83.9 Å².